The molecular weight excluding hydrogens is 524 g/mol. The second-order valence-corrected chi connectivity index (χ2v) is 11.1. The first-order valence-electron chi connectivity index (χ1n) is 13.3. The Kier molecular flexibility index (Phi) is 7.79. The number of nitrogens with zero attached hydrogens (tertiary/aromatic N) is 3. The van der Waals surface area contributed by atoms with E-state index in [4.69, 9.17) is 11.5 Å². The molecule has 1 saturated carbocycles. The van der Waals surface area contributed by atoms with Crippen LogP contribution in [0.4, 0.5) is 11.4 Å². The number of benzene rings is 2. The highest BCUT2D eigenvalue weighted by Crippen LogP contribution is 2.35. The summed E-state index contributed by atoms with van der Waals surface area (Å²) in [7, 11) is 0. The van der Waals surface area contributed by atoms with E-state index < -0.39 is 17.9 Å². The normalized spacial score (nSPS) is 14.6. The van der Waals surface area contributed by atoms with Gasteiger partial charge in [0.2, 0.25) is 5.91 Å². The van der Waals surface area contributed by atoms with Crippen molar-refractivity contribution in [1.82, 2.24) is 14.7 Å². The monoisotopic (exact) mass is 556 g/mol. The number of nitrogens with two attached hydrogens (primary N) is 2. The van der Waals surface area contributed by atoms with Gasteiger partial charge in [0.1, 0.15) is 10.9 Å². The summed E-state index contributed by atoms with van der Waals surface area (Å²) in [6.45, 7) is 3.87. The van der Waals surface area contributed by atoms with Gasteiger partial charge in [-0.1, -0.05) is 37.5 Å². The first-order valence-corrected chi connectivity index (χ1v) is 14.1. The van der Waals surface area contributed by atoms with Crippen molar-refractivity contribution in [3.63, 3.8) is 0 Å². The number of primary amides is 1. The Balaban J connectivity index is 1.69. The third-order valence-corrected chi connectivity index (χ3v) is 8.11. The number of carbonyl (C=O) groups is 3. The molecule has 4 aromatic rings. The van der Waals surface area contributed by atoms with E-state index in [1.54, 1.807) is 6.20 Å². The summed E-state index contributed by atoms with van der Waals surface area (Å²) in [6, 6.07) is 14.0. The molecule has 1 aliphatic rings. The lowest BCUT2D eigenvalue weighted by Crippen LogP contribution is -2.47. The molecule has 1 atom stereocenters. The van der Waals surface area contributed by atoms with Gasteiger partial charge in [0.05, 0.1) is 11.2 Å². The number of carbonyl (C=O) groups excluding carboxylic acids is 3. The van der Waals surface area contributed by atoms with Gasteiger partial charge in [-0.3, -0.25) is 24.3 Å². The number of pyridine rings is 1. The molecule has 1 fully saturated rings. The van der Waals surface area contributed by atoms with Crippen LogP contribution in [0.15, 0.2) is 54.7 Å². The van der Waals surface area contributed by atoms with Crippen molar-refractivity contribution < 1.29 is 14.4 Å². The fourth-order valence-corrected chi connectivity index (χ4v) is 6.16. The third kappa shape index (κ3) is 5.53. The minimum absolute atomic E-state index is 0.0250. The highest BCUT2D eigenvalue weighted by molar-refractivity contribution is 7.09. The number of aryl methyl sites for hydroxylation is 2. The van der Waals surface area contributed by atoms with E-state index in [1.165, 1.54) is 4.90 Å². The number of hydrogen-bond acceptors (Lipinski definition) is 7. The first-order chi connectivity index (χ1) is 19.2. The van der Waals surface area contributed by atoms with Crippen LogP contribution in [0.1, 0.15) is 75.0 Å². The molecule has 206 valence electrons. The number of anilines is 2. The maximum absolute atomic E-state index is 14.4. The Bertz CT molecular complexity index is 1570. The standard InChI is InChI=1S/C30H32N6O3S/c1-17-13-18(2)15-22(14-17)36(30(39)27-24(31)25(28(32)37)35-40-27)26(29(38)34-21-8-4-3-5-9-21)20-10-11-23-19(16-20)7-6-12-33-23/h6-7,10-16,21,26H,3-5,8-9,31H2,1-2H3,(H2,32,37)(H,34,38)/t26-/m1/s1. The van der Waals surface area contributed by atoms with Gasteiger partial charge in [-0.15, -0.1) is 0 Å². The molecule has 9 nitrogen and oxygen atoms in total. The van der Waals surface area contributed by atoms with Gasteiger partial charge in [0.25, 0.3) is 11.8 Å². The first kappa shape index (κ1) is 27.3. The number of hydrogen-bond donors (Lipinski definition) is 3. The fraction of sp³-hybridized carbons (Fsp3) is 0.300. The predicted octanol–water partition coefficient (Wildman–Crippen LogP) is 4.83. The second-order valence-electron chi connectivity index (χ2n) is 10.4. The lowest BCUT2D eigenvalue weighted by molar-refractivity contribution is -0.123. The van der Waals surface area contributed by atoms with Gasteiger partial charge < -0.3 is 16.8 Å². The van der Waals surface area contributed by atoms with Crippen LogP contribution >= 0.6 is 11.5 Å². The van der Waals surface area contributed by atoms with E-state index in [-0.39, 0.29) is 28.2 Å². The van der Waals surface area contributed by atoms with E-state index in [1.807, 2.05) is 62.4 Å². The smallest absolute Gasteiger partial charge is 0.273 e. The van der Waals surface area contributed by atoms with Gasteiger partial charge in [-0.25, -0.2) is 0 Å². The Morgan fingerprint density at radius 3 is 2.42 bits per heavy atom. The molecule has 2 heterocycles. The van der Waals surface area contributed by atoms with Gasteiger partial charge >= 0.3 is 0 Å². The lowest BCUT2D eigenvalue weighted by atomic mass is 9.94. The van der Waals surface area contributed by atoms with Crippen LogP contribution in [-0.2, 0) is 4.79 Å². The molecule has 40 heavy (non-hydrogen) atoms. The van der Waals surface area contributed by atoms with Gasteiger partial charge in [-0.2, -0.15) is 4.37 Å². The molecule has 0 bridgehead atoms. The molecule has 0 unspecified atom stereocenters. The molecule has 1 aliphatic carbocycles. The average Bonchev–Trinajstić information content (AvgIpc) is 3.32. The van der Waals surface area contributed by atoms with Crippen LogP contribution in [0.5, 0.6) is 0 Å². The summed E-state index contributed by atoms with van der Waals surface area (Å²) in [5.41, 5.74) is 15.2. The maximum atomic E-state index is 14.4. The zero-order chi connectivity index (χ0) is 28.4. The summed E-state index contributed by atoms with van der Waals surface area (Å²) < 4.78 is 4.04. The van der Waals surface area contributed by atoms with Crippen LogP contribution in [-0.4, -0.2) is 33.1 Å². The summed E-state index contributed by atoms with van der Waals surface area (Å²) in [5, 5.41) is 4.07. The van der Waals surface area contributed by atoms with Crippen LogP contribution in [0.3, 0.4) is 0 Å². The minimum atomic E-state index is -1.03. The summed E-state index contributed by atoms with van der Waals surface area (Å²) in [4.78, 5) is 46.4. The van der Waals surface area contributed by atoms with Gasteiger partial charge in [0, 0.05) is 23.3 Å². The van der Waals surface area contributed by atoms with Gasteiger partial charge in [-0.05, 0) is 85.2 Å². The molecule has 0 spiro atoms. The van der Waals surface area contributed by atoms with Crippen LogP contribution in [0.25, 0.3) is 10.9 Å². The zero-order valence-electron chi connectivity index (χ0n) is 22.5. The van der Waals surface area contributed by atoms with Crippen molar-refractivity contribution in [3.05, 3.63) is 82.0 Å². The van der Waals surface area contributed by atoms with Crippen LogP contribution in [0.2, 0.25) is 0 Å². The average molecular weight is 557 g/mol. The molecule has 5 N–H and O–H groups in total. The number of amides is 3. The van der Waals surface area contributed by atoms with Crippen molar-refractivity contribution in [2.45, 2.75) is 58.0 Å². The SMILES string of the molecule is Cc1cc(C)cc(N(C(=O)c2snc(C(N)=O)c2N)[C@@H](C(=O)NC2CCCCC2)c2ccc3ncccc3c2)c1. The number of aromatic nitrogens is 2. The van der Waals surface area contributed by atoms with E-state index in [9.17, 15) is 14.4 Å². The highest BCUT2D eigenvalue weighted by Gasteiger charge is 2.37. The van der Waals surface area contributed by atoms with E-state index in [2.05, 4.69) is 14.7 Å². The van der Waals surface area contributed by atoms with Crippen molar-refractivity contribution >= 4 is 51.5 Å². The van der Waals surface area contributed by atoms with E-state index in [0.717, 1.165) is 65.7 Å². The number of nitrogens with one attached hydrogen (secondary N) is 1. The molecule has 0 radical (unpaired) electrons. The van der Waals surface area contributed by atoms with E-state index >= 15 is 0 Å². The third-order valence-electron chi connectivity index (χ3n) is 7.26. The summed E-state index contributed by atoms with van der Waals surface area (Å²) in [5.74, 6) is -1.65. The van der Waals surface area contributed by atoms with Crippen molar-refractivity contribution in [3.8, 4) is 0 Å². The molecule has 2 aromatic carbocycles. The van der Waals surface area contributed by atoms with Crippen molar-refractivity contribution in [2.24, 2.45) is 5.73 Å². The molecule has 5 rings (SSSR count). The highest BCUT2D eigenvalue weighted by atomic mass is 32.1. The molecular formula is C30H32N6O3S. The Labute approximate surface area is 236 Å². The Morgan fingerprint density at radius 1 is 1.02 bits per heavy atom. The largest absolute Gasteiger partial charge is 0.395 e. The number of nitrogen functional groups attached to an aromatic ring is 1. The quantitative estimate of drug-likeness (QED) is 0.297. The molecule has 10 heteroatoms. The van der Waals surface area contributed by atoms with Crippen molar-refractivity contribution in [2.75, 3.05) is 10.6 Å². The molecule has 0 saturated heterocycles. The molecule has 3 amide bonds. The zero-order valence-corrected chi connectivity index (χ0v) is 23.3. The lowest BCUT2D eigenvalue weighted by Gasteiger charge is -2.33. The van der Waals surface area contributed by atoms with Gasteiger partial charge in [0.15, 0.2) is 5.69 Å². The van der Waals surface area contributed by atoms with Crippen molar-refractivity contribution in [1.29, 1.82) is 0 Å². The van der Waals surface area contributed by atoms with E-state index in [0.29, 0.717) is 11.3 Å². The fourth-order valence-electron chi connectivity index (χ4n) is 5.42. The topological polar surface area (TPSA) is 144 Å². The Hall–Kier alpha value is -4.31. The van der Waals surface area contributed by atoms with Crippen LogP contribution < -0.4 is 21.7 Å². The maximum Gasteiger partial charge on any atom is 0.273 e. The van der Waals surface area contributed by atoms with Crippen LogP contribution in [0, 0.1) is 13.8 Å². The summed E-state index contributed by atoms with van der Waals surface area (Å²) >= 11 is 0.798. The molecule has 0 aliphatic heterocycles. The number of fused-ring (bicyclic) bond motifs is 1. The minimum Gasteiger partial charge on any atom is -0.395 e. The second kappa shape index (κ2) is 11.4. The number of rotatable bonds is 7. The molecule has 2 aromatic heterocycles. The predicted molar refractivity (Wildman–Crippen MR) is 157 cm³/mol. The Morgan fingerprint density at radius 2 is 1.75 bits per heavy atom. The summed E-state index contributed by atoms with van der Waals surface area (Å²) in [6.07, 6.45) is 6.73.